The lowest BCUT2D eigenvalue weighted by Gasteiger charge is -2.28. The van der Waals surface area contributed by atoms with Crippen molar-refractivity contribution in [2.24, 2.45) is 17.6 Å². The van der Waals surface area contributed by atoms with E-state index in [2.05, 4.69) is 44.7 Å². The van der Waals surface area contributed by atoms with Gasteiger partial charge in [-0.2, -0.15) is 0 Å². The predicted molar refractivity (Wildman–Crippen MR) is 79.3 cm³/mol. The van der Waals surface area contributed by atoms with Gasteiger partial charge in [0, 0.05) is 24.3 Å². The van der Waals surface area contributed by atoms with Crippen molar-refractivity contribution in [1.82, 2.24) is 0 Å². The minimum Gasteiger partial charge on any atom is -0.384 e. The zero-order valence-electron chi connectivity index (χ0n) is 11.9. The summed E-state index contributed by atoms with van der Waals surface area (Å²) in [6, 6.07) is 7.96. The summed E-state index contributed by atoms with van der Waals surface area (Å²) in [5.74, 6) is 1.40. The van der Waals surface area contributed by atoms with Crippen molar-refractivity contribution in [2.75, 3.05) is 18.0 Å². The Morgan fingerprint density at radius 2 is 1.50 bits per heavy atom. The molecule has 0 spiro atoms. The van der Waals surface area contributed by atoms with Crippen LogP contribution in [0.1, 0.15) is 33.3 Å². The van der Waals surface area contributed by atoms with Crippen LogP contribution < -0.4 is 10.6 Å². The maximum atomic E-state index is 7.40. The fraction of sp³-hybridized carbons (Fsp3) is 0.533. The number of nitrogens with one attached hydrogen (secondary N) is 1. The number of nitrogens with zero attached hydrogens (tertiary/aromatic N) is 1. The third kappa shape index (κ3) is 4.40. The normalized spacial score (nSPS) is 11.0. The summed E-state index contributed by atoms with van der Waals surface area (Å²) in [6.45, 7) is 11.0. The molecule has 1 aromatic rings. The van der Waals surface area contributed by atoms with Crippen LogP contribution in [0, 0.1) is 17.2 Å². The summed E-state index contributed by atoms with van der Waals surface area (Å²) in [5.41, 5.74) is 7.47. The summed E-state index contributed by atoms with van der Waals surface area (Å²) >= 11 is 0. The third-order valence-corrected chi connectivity index (χ3v) is 2.71. The fourth-order valence-electron chi connectivity index (χ4n) is 2.02. The number of hydrogen-bond acceptors (Lipinski definition) is 2. The summed E-state index contributed by atoms with van der Waals surface area (Å²) in [6.07, 6.45) is 0. The number of amidine groups is 1. The molecule has 1 aromatic carbocycles. The number of nitrogens with two attached hydrogens (primary N) is 1. The Balaban J connectivity index is 2.87. The second kappa shape index (κ2) is 6.43. The minimum atomic E-state index is 0.126. The van der Waals surface area contributed by atoms with Gasteiger partial charge < -0.3 is 10.6 Å². The molecular formula is C15H25N3. The zero-order valence-corrected chi connectivity index (χ0v) is 11.9. The Morgan fingerprint density at radius 3 is 1.83 bits per heavy atom. The van der Waals surface area contributed by atoms with Crippen LogP contribution in [0.2, 0.25) is 0 Å². The molecule has 1 rings (SSSR count). The smallest absolute Gasteiger partial charge is 0.122 e. The summed E-state index contributed by atoms with van der Waals surface area (Å²) in [4.78, 5) is 2.40. The number of benzene rings is 1. The summed E-state index contributed by atoms with van der Waals surface area (Å²) in [7, 11) is 0. The topological polar surface area (TPSA) is 53.1 Å². The molecule has 0 fully saturated rings. The first-order chi connectivity index (χ1) is 8.40. The van der Waals surface area contributed by atoms with Crippen LogP contribution in [-0.4, -0.2) is 18.9 Å². The van der Waals surface area contributed by atoms with E-state index in [1.807, 2.05) is 12.1 Å². The van der Waals surface area contributed by atoms with Gasteiger partial charge in [0.2, 0.25) is 0 Å². The van der Waals surface area contributed by atoms with Crippen LogP contribution in [0.3, 0.4) is 0 Å². The molecule has 100 valence electrons. The number of rotatable bonds is 6. The average molecular weight is 247 g/mol. The van der Waals surface area contributed by atoms with Crippen LogP contribution in [0.4, 0.5) is 5.69 Å². The van der Waals surface area contributed by atoms with Gasteiger partial charge in [0.15, 0.2) is 0 Å². The SMILES string of the molecule is CC(C)CN(CC(C)C)c1ccc(C(=N)N)cc1. The lowest BCUT2D eigenvalue weighted by atomic mass is 10.1. The summed E-state index contributed by atoms with van der Waals surface area (Å²) < 4.78 is 0. The Morgan fingerprint density at radius 1 is 1.06 bits per heavy atom. The van der Waals surface area contributed by atoms with E-state index < -0.39 is 0 Å². The molecule has 0 amide bonds. The van der Waals surface area contributed by atoms with E-state index in [1.54, 1.807) is 0 Å². The lowest BCUT2D eigenvalue weighted by molar-refractivity contribution is 0.553. The largest absolute Gasteiger partial charge is 0.384 e. The van der Waals surface area contributed by atoms with E-state index in [-0.39, 0.29) is 5.84 Å². The molecule has 0 bridgehead atoms. The molecule has 0 saturated heterocycles. The molecule has 3 heteroatoms. The molecule has 0 saturated carbocycles. The highest BCUT2D eigenvalue weighted by molar-refractivity contribution is 5.95. The molecule has 0 heterocycles. The molecule has 0 atom stereocenters. The van der Waals surface area contributed by atoms with E-state index in [0.29, 0.717) is 11.8 Å². The molecule has 0 aliphatic rings. The molecule has 3 nitrogen and oxygen atoms in total. The van der Waals surface area contributed by atoms with E-state index in [9.17, 15) is 0 Å². The molecule has 0 aliphatic heterocycles. The quantitative estimate of drug-likeness (QED) is 0.599. The highest BCUT2D eigenvalue weighted by Gasteiger charge is 2.10. The Kier molecular flexibility index (Phi) is 5.20. The van der Waals surface area contributed by atoms with Gasteiger partial charge in [0.25, 0.3) is 0 Å². The number of hydrogen-bond donors (Lipinski definition) is 2. The second-order valence-electron chi connectivity index (χ2n) is 5.65. The van der Waals surface area contributed by atoms with Gasteiger partial charge in [-0.25, -0.2) is 0 Å². The first kappa shape index (κ1) is 14.6. The van der Waals surface area contributed by atoms with Crippen LogP contribution >= 0.6 is 0 Å². The highest BCUT2D eigenvalue weighted by atomic mass is 15.1. The van der Waals surface area contributed by atoms with E-state index >= 15 is 0 Å². The fourth-order valence-corrected chi connectivity index (χ4v) is 2.02. The van der Waals surface area contributed by atoms with Gasteiger partial charge >= 0.3 is 0 Å². The van der Waals surface area contributed by atoms with Gasteiger partial charge in [-0.1, -0.05) is 27.7 Å². The number of anilines is 1. The van der Waals surface area contributed by atoms with Gasteiger partial charge in [0.1, 0.15) is 5.84 Å². The summed E-state index contributed by atoms with van der Waals surface area (Å²) in [5, 5.41) is 7.40. The molecule has 0 aromatic heterocycles. The molecule has 18 heavy (non-hydrogen) atoms. The first-order valence-corrected chi connectivity index (χ1v) is 6.59. The maximum absolute atomic E-state index is 7.40. The van der Waals surface area contributed by atoms with Crippen LogP contribution in [0.15, 0.2) is 24.3 Å². The second-order valence-corrected chi connectivity index (χ2v) is 5.65. The molecule has 0 radical (unpaired) electrons. The Hall–Kier alpha value is -1.51. The van der Waals surface area contributed by atoms with E-state index in [1.165, 1.54) is 5.69 Å². The Bertz CT molecular complexity index is 369. The van der Waals surface area contributed by atoms with E-state index in [0.717, 1.165) is 18.7 Å². The van der Waals surface area contributed by atoms with Crippen molar-refractivity contribution in [3.8, 4) is 0 Å². The lowest BCUT2D eigenvalue weighted by Crippen LogP contribution is -2.31. The van der Waals surface area contributed by atoms with Crippen molar-refractivity contribution < 1.29 is 0 Å². The molecule has 0 aliphatic carbocycles. The van der Waals surface area contributed by atoms with Crippen molar-refractivity contribution in [1.29, 1.82) is 5.41 Å². The standard InChI is InChI=1S/C15H25N3/c1-11(2)9-18(10-12(3)4)14-7-5-13(6-8-14)15(16)17/h5-8,11-12H,9-10H2,1-4H3,(H3,16,17). The van der Waals surface area contributed by atoms with Crippen molar-refractivity contribution in [2.45, 2.75) is 27.7 Å². The van der Waals surface area contributed by atoms with Crippen LogP contribution in [0.25, 0.3) is 0 Å². The monoisotopic (exact) mass is 247 g/mol. The third-order valence-electron chi connectivity index (χ3n) is 2.71. The van der Waals surface area contributed by atoms with Gasteiger partial charge in [-0.05, 0) is 36.1 Å². The van der Waals surface area contributed by atoms with Gasteiger partial charge in [-0.15, -0.1) is 0 Å². The van der Waals surface area contributed by atoms with Gasteiger partial charge in [0.05, 0.1) is 0 Å². The zero-order chi connectivity index (χ0) is 13.7. The number of nitrogen functional groups attached to an aromatic ring is 1. The highest BCUT2D eigenvalue weighted by Crippen LogP contribution is 2.18. The molecule has 0 unspecified atom stereocenters. The minimum absolute atomic E-state index is 0.126. The van der Waals surface area contributed by atoms with Crippen molar-refractivity contribution >= 4 is 11.5 Å². The average Bonchev–Trinajstić information content (AvgIpc) is 2.27. The molecule has 3 N–H and O–H groups in total. The Labute approximate surface area is 111 Å². The van der Waals surface area contributed by atoms with Crippen molar-refractivity contribution in [3.63, 3.8) is 0 Å². The predicted octanol–water partition coefficient (Wildman–Crippen LogP) is 3.09. The van der Waals surface area contributed by atoms with Crippen LogP contribution in [0.5, 0.6) is 0 Å². The molecular weight excluding hydrogens is 222 g/mol. The van der Waals surface area contributed by atoms with Crippen molar-refractivity contribution in [3.05, 3.63) is 29.8 Å². The van der Waals surface area contributed by atoms with E-state index in [4.69, 9.17) is 11.1 Å². The first-order valence-electron chi connectivity index (χ1n) is 6.59. The van der Waals surface area contributed by atoms with Gasteiger partial charge in [-0.3, -0.25) is 5.41 Å². The maximum Gasteiger partial charge on any atom is 0.122 e. The van der Waals surface area contributed by atoms with Crippen LogP contribution in [-0.2, 0) is 0 Å².